The Morgan fingerprint density at radius 1 is 1.04 bits per heavy atom. The summed E-state index contributed by atoms with van der Waals surface area (Å²) in [6, 6.07) is 9.32. The second-order valence-electron chi connectivity index (χ2n) is 11.2. The lowest BCUT2D eigenvalue weighted by atomic mass is 10.1. The molecule has 45 heavy (non-hydrogen) atoms. The quantitative estimate of drug-likeness (QED) is 0.296. The van der Waals surface area contributed by atoms with Crippen molar-refractivity contribution in [2.75, 3.05) is 32.8 Å². The highest BCUT2D eigenvalue weighted by Gasteiger charge is 2.31. The van der Waals surface area contributed by atoms with Crippen LogP contribution in [0.15, 0.2) is 36.4 Å². The number of carbonyl (C=O) groups excluding carboxylic acids is 4. The monoisotopic (exact) mass is 623 g/mol. The number of esters is 1. The summed E-state index contributed by atoms with van der Waals surface area (Å²) < 4.78 is 10.2. The Morgan fingerprint density at radius 2 is 1.73 bits per heavy atom. The number of rotatable bonds is 10. The average Bonchev–Trinajstić information content (AvgIpc) is 3.01. The zero-order valence-electron chi connectivity index (χ0n) is 26.4. The molecule has 0 radical (unpaired) electrons. The largest absolute Gasteiger partial charge is 0.527 e. The molecule has 13 nitrogen and oxygen atoms in total. The lowest BCUT2D eigenvalue weighted by Crippen LogP contribution is -2.55. The van der Waals surface area contributed by atoms with Gasteiger partial charge in [-0.15, -0.1) is 5.06 Å². The molecule has 1 aromatic carbocycles. The molecule has 1 aliphatic heterocycles. The van der Waals surface area contributed by atoms with E-state index in [4.69, 9.17) is 14.3 Å². The third-order valence-corrected chi connectivity index (χ3v) is 6.42. The number of amides is 2. The van der Waals surface area contributed by atoms with Crippen molar-refractivity contribution in [3.63, 3.8) is 0 Å². The molecule has 242 valence electrons. The number of nitrogens with zero attached hydrogens (tertiary/aromatic N) is 4. The van der Waals surface area contributed by atoms with E-state index >= 15 is 0 Å². The van der Waals surface area contributed by atoms with Gasteiger partial charge in [0, 0.05) is 31.1 Å². The van der Waals surface area contributed by atoms with Crippen molar-refractivity contribution in [1.29, 1.82) is 0 Å². The van der Waals surface area contributed by atoms with E-state index in [1.807, 2.05) is 6.07 Å². The Kier molecular flexibility index (Phi) is 12.8. The molecule has 0 spiro atoms. The van der Waals surface area contributed by atoms with Gasteiger partial charge >= 0.3 is 12.1 Å². The summed E-state index contributed by atoms with van der Waals surface area (Å²) in [4.78, 5) is 67.1. The molecule has 1 unspecified atom stereocenters. The minimum Gasteiger partial charge on any atom is -0.460 e. The number of carbonyl (C=O) groups is 4. The summed E-state index contributed by atoms with van der Waals surface area (Å²) in [5, 5.41) is 14.1. The van der Waals surface area contributed by atoms with Crippen LogP contribution >= 0.6 is 0 Å². The minimum atomic E-state index is -1.09. The first-order valence-electron chi connectivity index (χ1n) is 14.9. The number of ether oxygens (including phenoxy) is 2. The standard InChI is InChI=1S/C32H41N5O8/c1-6-24(38)14-13-23-21-26(34-28(33-23)22-11-9-8-10-12-22)29(40)35-25(15-16-27(39)44-32(3,4)5)30(41)36-17-19-37(20-18-36)45-31(42)43-7-2/h8-12,21,24-25,38H,6-7,15-20H2,1-5H3,(H,35,40)/t24-,25?/m0/s1. The fourth-order valence-corrected chi connectivity index (χ4v) is 4.22. The molecule has 2 N–H and O–H groups in total. The predicted octanol–water partition coefficient (Wildman–Crippen LogP) is 2.72. The first-order valence-corrected chi connectivity index (χ1v) is 14.9. The SMILES string of the molecule is CCOC(=O)ON1CCN(C(=O)C(CCC(=O)OC(C)(C)C)NC(=O)c2cc(C#C[C@@H](O)CC)nc(-c3ccccc3)n2)CC1. The van der Waals surface area contributed by atoms with Gasteiger partial charge in [0.1, 0.15) is 29.1 Å². The zero-order chi connectivity index (χ0) is 33.0. The Hall–Kier alpha value is -4.54. The van der Waals surface area contributed by atoms with Crippen LogP contribution in [0.3, 0.4) is 0 Å². The number of nitrogens with one attached hydrogen (secondary N) is 1. The second-order valence-corrected chi connectivity index (χ2v) is 11.2. The molecule has 3 rings (SSSR count). The van der Waals surface area contributed by atoms with Crippen LogP contribution in [0.25, 0.3) is 11.4 Å². The topological polar surface area (TPSA) is 160 Å². The van der Waals surface area contributed by atoms with E-state index in [-0.39, 0.29) is 62.8 Å². The maximum Gasteiger partial charge on any atom is 0.527 e. The Bertz CT molecular complexity index is 1390. The van der Waals surface area contributed by atoms with E-state index in [9.17, 15) is 24.3 Å². The van der Waals surface area contributed by atoms with Crippen LogP contribution in [-0.4, -0.2) is 99.5 Å². The first kappa shape index (κ1) is 34.9. The maximum atomic E-state index is 13.7. The molecular formula is C32H41N5O8. The minimum absolute atomic E-state index is 0.0228. The highest BCUT2D eigenvalue weighted by molar-refractivity contribution is 5.96. The van der Waals surface area contributed by atoms with Crippen molar-refractivity contribution in [2.45, 2.75) is 71.6 Å². The molecule has 1 aromatic heterocycles. The summed E-state index contributed by atoms with van der Waals surface area (Å²) in [5.74, 6) is 4.15. The highest BCUT2D eigenvalue weighted by atomic mass is 16.8. The molecule has 13 heteroatoms. The zero-order valence-corrected chi connectivity index (χ0v) is 26.4. The van der Waals surface area contributed by atoms with Crippen molar-refractivity contribution in [3.8, 4) is 23.2 Å². The molecule has 2 atom stereocenters. The number of aromatic nitrogens is 2. The van der Waals surface area contributed by atoms with Crippen molar-refractivity contribution in [1.82, 2.24) is 25.2 Å². The van der Waals surface area contributed by atoms with Gasteiger partial charge < -0.3 is 29.6 Å². The van der Waals surface area contributed by atoms with E-state index in [0.29, 0.717) is 12.0 Å². The molecule has 0 aliphatic carbocycles. The lowest BCUT2D eigenvalue weighted by Gasteiger charge is -2.35. The molecule has 1 fully saturated rings. The molecule has 0 bridgehead atoms. The first-order chi connectivity index (χ1) is 21.4. The molecule has 1 saturated heterocycles. The fraction of sp³-hybridized carbons (Fsp3) is 0.500. The van der Waals surface area contributed by atoms with Gasteiger partial charge in [-0.1, -0.05) is 43.2 Å². The van der Waals surface area contributed by atoms with E-state index < -0.39 is 41.7 Å². The number of piperazine rings is 1. The van der Waals surface area contributed by atoms with Crippen molar-refractivity contribution < 1.29 is 38.6 Å². The van der Waals surface area contributed by atoms with Gasteiger partial charge in [-0.3, -0.25) is 14.4 Å². The van der Waals surface area contributed by atoms with Crippen LogP contribution in [0, 0.1) is 11.8 Å². The van der Waals surface area contributed by atoms with Crippen LogP contribution < -0.4 is 5.32 Å². The Morgan fingerprint density at radius 3 is 2.36 bits per heavy atom. The maximum absolute atomic E-state index is 13.7. The van der Waals surface area contributed by atoms with E-state index in [2.05, 4.69) is 27.1 Å². The number of hydroxylamine groups is 2. The Balaban J connectivity index is 1.84. The van der Waals surface area contributed by atoms with Gasteiger partial charge in [-0.05, 0) is 46.5 Å². The fourth-order valence-electron chi connectivity index (χ4n) is 4.22. The van der Waals surface area contributed by atoms with Crippen LogP contribution in [0.2, 0.25) is 0 Å². The Labute approximate surface area is 263 Å². The van der Waals surface area contributed by atoms with Gasteiger partial charge in [0.15, 0.2) is 5.82 Å². The molecule has 2 amide bonds. The van der Waals surface area contributed by atoms with Crippen LogP contribution in [0.1, 0.15) is 70.1 Å². The summed E-state index contributed by atoms with van der Waals surface area (Å²) >= 11 is 0. The van der Waals surface area contributed by atoms with Crippen molar-refractivity contribution >= 4 is 23.9 Å². The van der Waals surface area contributed by atoms with Crippen LogP contribution in [-0.2, 0) is 23.9 Å². The summed E-state index contributed by atoms with van der Waals surface area (Å²) in [7, 11) is 0. The predicted molar refractivity (Wildman–Crippen MR) is 163 cm³/mol. The molecule has 2 aromatic rings. The molecule has 0 saturated carbocycles. The van der Waals surface area contributed by atoms with Gasteiger partial charge in [0.2, 0.25) is 5.91 Å². The number of hydrogen-bond acceptors (Lipinski definition) is 11. The second kappa shape index (κ2) is 16.5. The highest BCUT2D eigenvalue weighted by Crippen LogP contribution is 2.17. The number of aliphatic hydroxyl groups excluding tert-OH is 1. The van der Waals surface area contributed by atoms with Crippen molar-refractivity contribution in [2.24, 2.45) is 0 Å². The lowest BCUT2D eigenvalue weighted by molar-refractivity contribution is -0.158. The summed E-state index contributed by atoms with van der Waals surface area (Å²) in [6.07, 6.45) is -1.42. The summed E-state index contributed by atoms with van der Waals surface area (Å²) in [5.41, 5.74) is 0.108. The van der Waals surface area contributed by atoms with Gasteiger partial charge in [-0.2, -0.15) is 0 Å². The van der Waals surface area contributed by atoms with Crippen LogP contribution in [0.4, 0.5) is 4.79 Å². The van der Waals surface area contributed by atoms with Crippen LogP contribution in [0.5, 0.6) is 0 Å². The summed E-state index contributed by atoms with van der Waals surface area (Å²) in [6.45, 7) is 9.73. The van der Waals surface area contributed by atoms with E-state index in [0.717, 1.165) is 0 Å². The third-order valence-electron chi connectivity index (χ3n) is 6.42. The van der Waals surface area contributed by atoms with Crippen molar-refractivity contribution in [3.05, 3.63) is 47.8 Å². The molecular weight excluding hydrogens is 582 g/mol. The van der Waals surface area contributed by atoms with Gasteiger partial charge in [0.25, 0.3) is 5.91 Å². The van der Waals surface area contributed by atoms with Gasteiger partial charge in [0.05, 0.1) is 19.7 Å². The number of hydrogen-bond donors (Lipinski definition) is 2. The number of benzene rings is 1. The normalized spacial score (nSPS) is 14.8. The van der Waals surface area contributed by atoms with E-state index in [1.165, 1.54) is 16.0 Å². The van der Waals surface area contributed by atoms with Gasteiger partial charge in [-0.25, -0.2) is 14.8 Å². The average molecular weight is 624 g/mol. The number of aliphatic hydroxyl groups is 1. The smallest absolute Gasteiger partial charge is 0.460 e. The molecule has 1 aliphatic rings. The molecule has 2 heterocycles. The third kappa shape index (κ3) is 11.5. The van der Waals surface area contributed by atoms with E-state index in [1.54, 1.807) is 58.9 Å².